The van der Waals surface area contributed by atoms with Crippen molar-refractivity contribution in [2.24, 2.45) is 12.5 Å². The average Bonchev–Trinajstić information content (AvgIpc) is 2.72. The van der Waals surface area contributed by atoms with E-state index in [4.69, 9.17) is 0 Å². The normalized spacial score (nSPS) is 25.3. The van der Waals surface area contributed by atoms with Gasteiger partial charge in [-0.15, -0.1) is 0 Å². The van der Waals surface area contributed by atoms with E-state index >= 15 is 0 Å². The molecule has 1 N–H and O–H groups in total. The molecule has 3 rings (SSSR count). The number of carboxylic acid groups (broad SMARTS) is 1. The van der Waals surface area contributed by atoms with Crippen molar-refractivity contribution in [2.45, 2.75) is 25.7 Å². The molecular formula is C14H16N2O2. The van der Waals surface area contributed by atoms with E-state index in [1.165, 1.54) is 0 Å². The minimum atomic E-state index is -0.794. The second-order valence-corrected chi connectivity index (χ2v) is 5.76. The number of hydrogen-bond acceptors (Lipinski definition) is 2. The summed E-state index contributed by atoms with van der Waals surface area (Å²) in [5, 5.41) is 15.0. The van der Waals surface area contributed by atoms with Gasteiger partial charge in [-0.2, -0.15) is 5.10 Å². The number of aryl methyl sites for hydroxylation is 1. The molecule has 1 unspecified atom stereocenters. The Morgan fingerprint density at radius 1 is 1.39 bits per heavy atom. The summed E-state index contributed by atoms with van der Waals surface area (Å²) >= 11 is 0. The monoisotopic (exact) mass is 244 g/mol. The van der Waals surface area contributed by atoms with Crippen molar-refractivity contribution in [3.8, 4) is 0 Å². The molecule has 1 atom stereocenters. The number of hydrogen-bond donors (Lipinski definition) is 1. The highest BCUT2D eigenvalue weighted by molar-refractivity contribution is 5.94. The lowest BCUT2D eigenvalue weighted by Gasteiger charge is -2.16. The lowest BCUT2D eigenvalue weighted by atomic mass is 9.90. The summed E-state index contributed by atoms with van der Waals surface area (Å²) in [6, 6.07) is 7.73. The van der Waals surface area contributed by atoms with Crippen LogP contribution in [0.25, 0.3) is 10.9 Å². The molecule has 1 aromatic carbocycles. The van der Waals surface area contributed by atoms with Gasteiger partial charge in [-0.25, -0.2) is 0 Å². The molecule has 2 aromatic rings. The molecule has 94 valence electrons. The first kappa shape index (κ1) is 11.3. The van der Waals surface area contributed by atoms with Gasteiger partial charge in [0.1, 0.15) is 5.41 Å². The molecule has 1 aliphatic carbocycles. The Kier molecular flexibility index (Phi) is 1.96. The van der Waals surface area contributed by atoms with Crippen molar-refractivity contribution >= 4 is 16.9 Å². The predicted molar refractivity (Wildman–Crippen MR) is 68.4 cm³/mol. The summed E-state index contributed by atoms with van der Waals surface area (Å²) in [7, 11) is 1.83. The first-order chi connectivity index (χ1) is 8.40. The molecule has 0 radical (unpaired) electrons. The third kappa shape index (κ3) is 1.15. The van der Waals surface area contributed by atoms with Crippen molar-refractivity contribution in [3.05, 3.63) is 30.0 Å². The van der Waals surface area contributed by atoms with Crippen molar-refractivity contribution in [1.29, 1.82) is 0 Å². The van der Waals surface area contributed by atoms with Crippen LogP contribution < -0.4 is 0 Å². The van der Waals surface area contributed by atoms with E-state index in [2.05, 4.69) is 5.10 Å². The topological polar surface area (TPSA) is 55.1 Å². The van der Waals surface area contributed by atoms with Crippen LogP contribution in [-0.2, 0) is 17.3 Å². The molecular weight excluding hydrogens is 228 g/mol. The zero-order valence-corrected chi connectivity index (χ0v) is 10.8. The maximum Gasteiger partial charge on any atom is 0.316 e. The van der Waals surface area contributed by atoms with Gasteiger partial charge in [0.25, 0.3) is 0 Å². The number of carboxylic acids is 1. The molecule has 1 fully saturated rings. The van der Waals surface area contributed by atoms with Gasteiger partial charge in [-0.05, 0) is 17.9 Å². The van der Waals surface area contributed by atoms with Crippen LogP contribution in [0, 0.1) is 5.41 Å². The van der Waals surface area contributed by atoms with Crippen molar-refractivity contribution < 1.29 is 9.90 Å². The van der Waals surface area contributed by atoms with E-state index < -0.39 is 11.4 Å². The Morgan fingerprint density at radius 3 is 2.56 bits per heavy atom. The standard InChI is InChI=1S/C14H16N2O2/c1-13(2)8-14(13,12(17)18)11-9-6-4-5-7-10(9)15-16(11)3/h4-7H,8H2,1-3H3,(H,17,18). The molecule has 0 amide bonds. The molecule has 4 heteroatoms. The molecule has 18 heavy (non-hydrogen) atoms. The molecule has 1 aliphatic rings. The lowest BCUT2D eigenvalue weighted by Crippen LogP contribution is -2.28. The molecule has 1 heterocycles. The van der Waals surface area contributed by atoms with E-state index in [-0.39, 0.29) is 5.41 Å². The van der Waals surface area contributed by atoms with E-state index in [1.807, 2.05) is 45.2 Å². The van der Waals surface area contributed by atoms with Gasteiger partial charge in [0.2, 0.25) is 0 Å². The fourth-order valence-corrected chi connectivity index (χ4v) is 3.14. The summed E-state index contributed by atoms with van der Waals surface area (Å²) in [5.74, 6) is -0.749. The van der Waals surface area contributed by atoms with Crippen LogP contribution in [0.15, 0.2) is 24.3 Å². The van der Waals surface area contributed by atoms with E-state index in [0.29, 0.717) is 6.42 Å². The molecule has 0 aliphatic heterocycles. The lowest BCUT2D eigenvalue weighted by molar-refractivity contribution is -0.141. The number of fused-ring (bicyclic) bond motifs is 1. The first-order valence-electron chi connectivity index (χ1n) is 6.06. The van der Waals surface area contributed by atoms with Gasteiger partial charge >= 0.3 is 5.97 Å². The number of benzene rings is 1. The molecule has 0 bridgehead atoms. The maximum absolute atomic E-state index is 11.8. The number of carbonyl (C=O) groups is 1. The highest BCUT2D eigenvalue weighted by Crippen LogP contribution is 2.65. The quantitative estimate of drug-likeness (QED) is 0.882. The number of rotatable bonds is 2. The second-order valence-electron chi connectivity index (χ2n) is 5.76. The van der Waals surface area contributed by atoms with Crippen LogP contribution in [0.5, 0.6) is 0 Å². The zero-order chi connectivity index (χ0) is 13.1. The Balaban J connectivity index is 2.33. The van der Waals surface area contributed by atoms with E-state index in [9.17, 15) is 9.90 Å². The minimum Gasteiger partial charge on any atom is -0.481 e. The summed E-state index contributed by atoms with van der Waals surface area (Å²) in [6.45, 7) is 4.01. The third-order valence-electron chi connectivity index (χ3n) is 4.25. The largest absolute Gasteiger partial charge is 0.481 e. The van der Waals surface area contributed by atoms with Crippen molar-refractivity contribution in [2.75, 3.05) is 0 Å². The van der Waals surface area contributed by atoms with Crippen LogP contribution in [0.3, 0.4) is 0 Å². The van der Waals surface area contributed by atoms with Gasteiger partial charge in [0.05, 0.1) is 11.2 Å². The minimum absolute atomic E-state index is 0.213. The smallest absolute Gasteiger partial charge is 0.316 e. The fourth-order valence-electron chi connectivity index (χ4n) is 3.14. The SMILES string of the molecule is Cn1nc2ccccc2c1C1(C(=O)O)CC1(C)C. The van der Waals surface area contributed by atoms with Crippen LogP contribution in [-0.4, -0.2) is 20.9 Å². The molecule has 1 aromatic heterocycles. The molecule has 4 nitrogen and oxygen atoms in total. The maximum atomic E-state index is 11.8. The fraction of sp³-hybridized carbons (Fsp3) is 0.429. The molecule has 0 spiro atoms. The van der Waals surface area contributed by atoms with Gasteiger partial charge in [-0.3, -0.25) is 9.48 Å². The van der Waals surface area contributed by atoms with Crippen LogP contribution in [0.4, 0.5) is 0 Å². The van der Waals surface area contributed by atoms with Crippen LogP contribution >= 0.6 is 0 Å². The van der Waals surface area contributed by atoms with Gasteiger partial charge in [0.15, 0.2) is 0 Å². The number of aliphatic carboxylic acids is 1. The Bertz CT molecular complexity index is 657. The van der Waals surface area contributed by atoms with Gasteiger partial charge in [0, 0.05) is 12.4 Å². The Morgan fingerprint density at radius 2 is 2.00 bits per heavy atom. The predicted octanol–water partition coefficient (Wildman–Crippen LogP) is 2.33. The highest BCUT2D eigenvalue weighted by Gasteiger charge is 2.69. The number of nitrogens with zero attached hydrogens (tertiary/aromatic N) is 2. The van der Waals surface area contributed by atoms with Crippen LogP contribution in [0.1, 0.15) is 26.0 Å². The van der Waals surface area contributed by atoms with E-state index in [1.54, 1.807) is 4.68 Å². The van der Waals surface area contributed by atoms with Crippen molar-refractivity contribution in [1.82, 2.24) is 9.78 Å². The van der Waals surface area contributed by atoms with Crippen LogP contribution in [0.2, 0.25) is 0 Å². The summed E-state index contributed by atoms with van der Waals surface area (Å²) in [4.78, 5) is 11.8. The van der Waals surface area contributed by atoms with Crippen molar-refractivity contribution in [3.63, 3.8) is 0 Å². The van der Waals surface area contributed by atoms with Gasteiger partial charge < -0.3 is 5.11 Å². The summed E-state index contributed by atoms with van der Waals surface area (Å²) in [5.41, 5.74) is 0.682. The third-order valence-corrected chi connectivity index (χ3v) is 4.25. The second kappa shape index (κ2) is 3.13. The molecule has 0 saturated heterocycles. The summed E-state index contributed by atoms with van der Waals surface area (Å²) < 4.78 is 1.73. The Hall–Kier alpha value is -1.84. The highest BCUT2D eigenvalue weighted by atomic mass is 16.4. The average molecular weight is 244 g/mol. The summed E-state index contributed by atoms with van der Waals surface area (Å²) in [6.07, 6.45) is 0.666. The Labute approximate surface area is 105 Å². The first-order valence-corrected chi connectivity index (χ1v) is 6.06. The zero-order valence-electron chi connectivity index (χ0n) is 10.8. The molecule has 1 saturated carbocycles. The van der Waals surface area contributed by atoms with Gasteiger partial charge in [-0.1, -0.05) is 32.0 Å². The number of aromatic nitrogens is 2. The van der Waals surface area contributed by atoms with E-state index in [0.717, 1.165) is 16.6 Å².